The van der Waals surface area contributed by atoms with Gasteiger partial charge in [0.05, 0.1) is 25.9 Å². The van der Waals surface area contributed by atoms with Crippen molar-refractivity contribution in [2.24, 2.45) is 0 Å². The van der Waals surface area contributed by atoms with Crippen LogP contribution in [0.15, 0.2) is 36.4 Å². The van der Waals surface area contributed by atoms with E-state index in [0.29, 0.717) is 36.0 Å². The van der Waals surface area contributed by atoms with Gasteiger partial charge in [-0.1, -0.05) is 17.7 Å². The standard InChI is InChI=1S/C18H19NO4/c1-12-4-6-13(7-5-12)19-18(20)14-10-16-17(11-15(14)21-2)23-9-3-8-22-16/h4-7,10-11H,3,8-9H2,1-2H3,(H,19,20). The molecule has 23 heavy (non-hydrogen) atoms. The highest BCUT2D eigenvalue weighted by Gasteiger charge is 2.20. The number of amides is 1. The second kappa shape index (κ2) is 6.60. The number of hydrogen-bond acceptors (Lipinski definition) is 4. The largest absolute Gasteiger partial charge is 0.496 e. The Kier molecular flexibility index (Phi) is 4.37. The summed E-state index contributed by atoms with van der Waals surface area (Å²) in [7, 11) is 1.53. The first-order valence-corrected chi connectivity index (χ1v) is 7.53. The van der Waals surface area contributed by atoms with E-state index in [9.17, 15) is 4.79 Å². The van der Waals surface area contributed by atoms with Gasteiger partial charge in [0.1, 0.15) is 5.75 Å². The maximum atomic E-state index is 12.6. The van der Waals surface area contributed by atoms with E-state index >= 15 is 0 Å². The third-order valence-corrected chi connectivity index (χ3v) is 3.62. The number of hydrogen-bond donors (Lipinski definition) is 1. The van der Waals surface area contributed by atoms with Crippen molar-refractivity contribution in [3.05, 3.63) is 47.5 Å². The van der Waals surface area contributed by atoms with Gasteiger partial charge < -0.3 is 19.5 Å². The zero-order valence-electron chi connectivity index (χ0n) is 13.2. The van der Waals surface area contributed by atoms with E-state index in [1.165, 1.54) is 7.11 Å². The summed E-state index contributed by atoms with van der Waals surface area (Å²) in [5, 5.41) is 2.87. The molecule has 1 amide bonds. The maximum Gasteiger partial charge on any atom is 0.259 e. The molecule has 120 valence electrons. The highest BCUT2D eigenvalue weighted by Crippen LogP contribution is 2.36. The molecule has 0 atom stereocenters. The lowest BCUT2D eigenvalue weighted by molar-refractivity contribution is 0.102. The molecule has 2 aromatic rings. The van der Waals surface area contributed by atoms with Gasteiger partial charge in [0, 0.05) is 24.2 Å². The van der Waals surface area contributed by atoms with Gasteiger partial charge in [-0.3, -0.25) is 4.79 Å². The lowest BCUT2D eigenvalue weighted by Crippen LogP contribution is -2.13. The average Bonchev–Trinajstić information content (AvgIpc) is 2.80. The molecule has 0 saturated heterocycles. The monoisotopic (exact) mass is 313 g/mol. The number of ether oxygens (including phenoxy) is 3. The summed E-state index contributed by atoms with van der Waals surface area (Å²) >= 11 is 0. The number of methoxy groups -OCH3 is 1. The van der Waals surface area contributed by atoms with Gasteiger partial charge in [0.15, 0.2) is 11.5 Å². The van der Waals surface area contributed by atoms with Crippen molar-refractivity contribution in [1.82, 2.24) is 0 Å². The van der Waals surface area contributed by atoms with E-state index in [1.54, 1.807) is 12.1 Å². The third kappa shape index (κ3) is 3.39. The van der Waals surface area contributed by atoms with Gasteiger partial charge in [-0.25, -0.2) is 0 Å². The first-order valence-electron chi connectivity index (χ1n) is 7.53. The predicted molar refractivity (Wildman–Crippen MR) is 87.7 cm³/mol. The summed E-state index contributed by atoms with van der Waals surface area (Å²) in [6, 6.07) is 11.0. The van der Waals surface area contributed by atoms with Crippen LogP contribution in [0.3, 0.4) is 0 Å². The van der Waals surface area contributed by atoms with Crippen LogP contribution in [0.2, 0.25) is 0 Å². The van der Waals surface area contributed by atoms with Gasteiger partial charge >= 0.3 is 0 Å². The molecule has 0 saturated carbocycles. The second-order valence-corrected chi connectivity index (χ2v) is 5.37. The molecule has 0 bridgehead atoms. The van der Waals surface area contributed by atoms with Crippen molar-refractivity contribution in [3.8, 4) is 17.2 Å². The van der Waals surface area contributed by atoms with E-state index in [1.807, 2.05) is 31.2 Å². The molecule has 0 fully saturated rings. The van der Waals surface area contributed by atoms with Crippen LogP contribution < -0.4 is 19.5 Å². The Labute approximate surface area is 135 Å². The molecule has 0 unspecified atom stereocenters. The minimum atomic E-state index is -0.249. The van der Waals surface area contributed by atoms with Gasteiger partial charge in [-0.2, -0.15) is 0 Å². The summed E-state index contributed by atoms with van der Waals surface area (Å²) in [5.41, 5.74) is 2.28. The number of benzene rings is 2. The van der Waals surface area contributed by atoms with Crippen LogP contribution in [0, 0.1) is 6.92 Å². The number of nitrogens with one attached hydrogen (secondary N) is 1. The fourth-order valence-corrected chi connectivity index (χ4v) is 2.37. The van der Waals surface area contributed by atoms with Gasteiger partial charge in [0.2, 0.25) is 0 Å². The molecule has 5 nitrogen and oxygen atoms in total. The van der Waals surface area contributed by atoms with Gasteiger partial charge in [0.25, 0.3) is 5.91 Å². The number of fused-ring (bicyclic) bond motifs is 1. The highest BCUT2D eigenvalue weighted by molar-refractivity contribution is 6.06. The van der Waals surface area contributed by atoms with E-state index in [0.717, 1.165) is 17.7 Å². The predicted octanol–water partition coefficient (Wildman–Crippen LogP) is 3.42. The summed E-state index contributed by atoms with van der Waals surface area (Å²) in [6.45, 7) is 3.15. The van der Waals surface area contributed by atoms with Crippen LogP contribution in [0.1, 0.15) is 22.3 Å². The molecular weight excluding hydrogens is 294 g/mol. The molecule has 3 rings (SSSR count). The summed E-state index contributed by atoms with van der Waals surface area (Å²) < 4.78 is 16.6. The molecule has 0 aliphatic carbocycles. The van der Waals surface area contributed by atoms with Crippen molar-refractivity contribution in [1.29, 1.82) is 0 Å². The first-order chi connectivity index (χ1) is 11.2. The van der Waals surface area contributed by atoms with E-state index in [4.69, 9.17) is 14.2 Å². The number of carbonyl (C=O) groups excluding carboxylic acids is 1. The lowest BCUT2D eigenvalue weighted by Gasteiger charge is -2.14. The summed E-state index contributed by atoms with van der Waals surface area (Å²) in [5.74, 6) is 1.38. The molecule has 1 aliphatic heterocycles. The molecule has 2 aromatic carbocycles. The van der Waals surface area contributed by atoms with Crippen LogP contribution >= 0.6 is 0 Å². The Hall–Kier alpha value is -2.69. The van der Waals surface area contributed by atoms with Crippen molar-refractivity contribution in [2.75, 3.05) is 25.6 Å². The topological polar surface area (TPSA) is 56.8 Å². The summed E-state index contributed by atoms with van der Waals surface area (Å²) in [6.07, 6.45) is 0.807. The van der Waals surface area contributed by atoms with Crippen LogP contribution in [0.4, 0.5) is 5.69 Å². The van der Waals surface area contributed by atoms with E-state index in [-0.39, 0.29) is 5.91 Å². The Morgan fingerprint density at radius 3 is 2.39 bits per heavy atom. The van der Waals surface area contributed by atoms with Gasteiger partial charge in [-0.15, -0.1) is 0 Å². The smallest absolute Gasteiger partial charge is 0.259 e. The minimum Gasteiger partial charge on any atom is -0.496 e. The molecule has 1 aliphatic rings. The lowest BCUT2D eigenvalue weighted by atomic mass is 10.1. The van der Waals surface area contributed by atoms with Gasteiger partial charge in [-0.05, 0) is 19.1 Å². The van der Waals surface area contributed by atoms with Crippen molar-refractivity contribution < 1.29 is 19.0 Å². The van der Waals surface area contributed by atoms with Crippen LogP contribution in [-0.2, 0) is 0 Å². The highest BCUT2D eigenvalue weighted by atomic mass is 16.5. The molecule has 1 N–H and O–H groups in total. The normalized spacial score (nSPS) is 13.1. The Morgan fingerprint density at radius 1 is 1.09 bits per heavy atom. The molecule has 5 heteroatoms. The molecular formula is C18H19NO4. The number of carbonyl (C=O) groups is 1. The van der Waals surface area contributed by atoms with Crippen LogP contribution in [-0.4, -0.2) is 26.2 Å². The van der Waals surface area contributed by atoms with Crippen molar-refractivity contribution in [2.45, 2.75) is 13.3 Å². The second-order valence-electron chi connectivity index (χ2n) is 5.37. The number of anilines is 1. The fraction of sp³-hybridized carbons (Fsp3) is 0.278. The average molecular weight is 313 g/mol. The van der Waals surface area contributed by atoms with E-state index < -0.39 is 0 Å². The minimum absolute atomic E-state index is 0.249. The Bertz CT molecular complexity index is 710. The maximum absolute atomic E-state index is 12.6. The van der Waals surface area contributed by atoms with Crippen molar-refractivity contribution >= 4 is 11.6 Å². The zero-order chi connectivity index (χ0) is 16.2. The first kappa shape index (κ1) is 15.2. The van der Waals surface area contributed by atoms with Crippen LogP contribution in [0.25, 0.3) is 0 Å². The quantitative estimate of drug-likeness (QED) is 0.943. The molecule has 1 heterocycles. The van der Waals surface area contributed by atoms with Crippen LogP contribution in [0.5, 0.6) is 17.2 Å². The number of aryl methyl sites for hydroxylation is 1. The number of rotatable bonds is 3. The summed E-state index contributed by atoms with van der Waals surface area (Å²) in [4.78, 5) is 12.6. The SMILES string of the molecule is COc1cc2c(cc1C(=O)Nc1ccc(C)cc1)OCCCO2. The van der Waals surface area contributed by atoms with E-state index in [2.05, 4.69) is 5.32 Å². The molecule has 0 spiro atoms. The molecule has 0 aromatic heterocycles. The third-order valence-electron chi connectivity index (χ3n) is 3.62. The Balaban J connectivity index is 1.89. The molecule has 0 radical (unpaired) electrons. The van der Waals surface area contributed by atoms with Crippen molar-refractivity contribution in [3.63, 3.8) is 0 Å². The Morgan fingerprint density at radius 2 is 1.74 bits per heavy atom. The zero-order valence-corrected chi connectivity index (χ0v) is 13.2. The fourth-order valence-electron chi connectivity index (χ4n) is 2.37.